The molecule has 2 unspecified atom stereocenters. The lowest BCUT2D eigenvalue weighted by Gasteiger charge is -2.24. The van der Waals surface area contributed by atoms with Crippen molar-refractivity contribution < 1.29 is 22.4 Å². The largest absolute Gasteiger partial charge is 0.416 e. The first kappa shape index (κ1) is 18.0. The predicted octanol–water partition coefficient (Wildman–Crippen LogP) is 3.23. The minimum Gasteiger partial charge on any atom is -0.337 e. The summed E-state index contributed by atoms with van der Waals surface area (Å²) in [4.78, 5) is 13.9. The molecule has 3 nitrogen and oxygen atoms in total. The zero-order valence-electron chi connectivity index (χ0n) is 12.2. The number of halogens is 5. The monoisotopic (exact) mass is 352 g/mol. The molecule has 2 aliphatic rings. The predicted molar refractivity (Wildman–Crippen MR) is 79.1 cm³/mol. The zero-order valence-corrected chi connectivity index (χ0v) is 13.0. The average Bonchev–Trinajstić information content (AvgIpc) is 2.77. The van der Waals surface area contributed by atoms with Crippen LogP contribution < -0.4 is 5.32 Å². The maximum absolute atomic E-state index is 13.8. The van der Waals surface area contributed by atoms with E-state index in [4.69, 9.17) is 0 Å². The molecule has 128 valence electrons. The standard InChI is InChI=1S/C15H16F4N2O.ClH/c16-13-4-1-9(15(17,18)19)7-12(13)14(22)21-6-5-10-2-3-11(8-21)20-10;/h1,4,7,10-11,20H,2-3,5-6,8H2;1H. The first-order valence-corrected chi connectivity index (χ1v) is 7.26. The van der Waals surface area contributed by atoms with Gasteiger partial charge in [-0.25, -0.2) is 4.39 Å². The van der Waals surface area contributed by atoms with Crippen molar-refractivity contribution in [3.8, 4) is 0 Å². The normalized spacial score (nSPS) is 24.1. The number of carbonyl (C=O) groups is 1. The Bertz CT molecular complexity index is 593. The fourth-order valence-corrected chi connectivity index (χ4v) is 3.16. The molecule has 0 aliphatic carbocycles. The lowest BCUT2D eigenvalue weighted by Crippen LogP contribution is -2.39. The molecule has 1 aromatic rings. The molecule has 0 spiro atoms. The Morgan fingerprint density at radius 2 is 1.87 bits per heavy atom. The number of amides is 1. The Kier molecular flexibility index (Phi) is 5.20. The van der Waals surface area contributed by atoms with Gasteiger partial charge in [0, 0.05) is 25.2 Å². The third kappa shape index (κ3) is 3.77. The molecule has 1 amide bonds. The number of fused-ring (bicyclic) bond motifs is 2. The van der Waals surface area contributed by atoms with Gasteiger partial charge < -0.3 is 10.2 Å². The minimum atomic E-state index is -4.60. The third-order valence-corrected chi connectivity index (χ3v) is 4.33. The Morgan fingerprint density at radius 1 is 1.17 bits per heavy atom. The quantitative estimate of drug-likeness (QED) is 0.787. The summed E-state index contributed by atoms with van der Waals surface area (Å²) >= 11 is 0. The minimum absolute atomic E-state index is 0. The number of carbonyl (C=O) groups excluding carboxylic acids is 1. The van der Waals surface area contributed by atoms with Crippen molar-refractivity contribution in [3.05, 3.63) is 35.1 Å². The van der Waals surface area contributed by atoms with Crippen LogP contribution in [0.5, 0.6) is 0 Å². The molecular weight excluding hydrogens is 336 g/mol. The fourth-order valence-electron chi connectivity index (χ4n) is 3.16. The first-order chi connectivity index (χ1) is 10.3. The van der Waals surface area contributed by atoms with Crippen molar-refractivity contribution in [2.24, 2.45) is 0 Å². The van der Waals surface area contributed by atoms with Crippen molar-refractivity contribution in [2.45, 2.75) is 37.5 Å². The molecule has 2 fully saturated rings. The Morgan fingerprint density at radius 3 is 2.57 bits per heavy atom. The highest BCUT2D eigenvalue weighted by Crippen LogP contribution is 2.31. The summed E-state index contributed by atoms with van der Waals surface area (Å²) in [6, 6.07) is 2.45. The summed E-state index contributed by atoms with van der Waals surface area (Å²) in [5.41, 5.74) is -1.51. The molecule has 2 bridgehead atoms. The topological polar surface area (TPSA) is 32.3 Å². The van der Waals surface area contributed by atoms with Crippen LogP contribution in [0.2, 0.25) is 0 Å². The van der Waals surface area contributed by atoms with Crippen LogP contribution >= 0.6 is 12.4 Å². The average molecular weight is 353 g/mol. The van der Waals surface area contributed by atoms with Crippen LogP contribution in [0.1, 0.15) is 35.2 Å². The van der Waals surface area contributed by atoms with Gasteiger partial charge in [-0.05, 0) is 37.5 Å². The summed E-state index contributed by atoms with van der Waals surface area (Å²) in [5, 5.41) is 3.37. The van der Waals surface area contributed by atoms with E-state index in [2.05, 4.69) is 5.32 Å². The smallest absolute Gasteiger partial charge is 0.337 e. The van der Waals surface area contributed by atoms with Crippen LogP contribution in [0.4, 0.5) is 17.6 Å². The highest BCUT2D eigenvalue weighted by Gasteiger charge is 2.35. The Labute approximate surface area is 137 Å². The molecule has 2 aliphatic heterocycles. The molecule has 0 radical (unpaired) electrons. The second kappa shape index (κ2) is 6.65. The van der Waals surface area contributed by atoms with E-state index >= 15 is 0 Å². The molecule has 0 saturated carbocycles. The van der Waals surface area contributed by atoms with Crippen LogP contribution in [0.3, 0.4) is 0 Å². The molecule has 1 aromatic carbocycles. The van der Waals surface area contributed by atoms with E-state index in [-0.39, 0.29) is 18.4 Å². The maximum Gasteiger partial charge on any atom is 0.416 e. The van der Waals surface area contributed by atoms with E-state index < -0.39 is 29.0 Å². The van der Waals surface area contributed by atoms with Gasteiger partial charge in [0.2, 0.25) is 0 Å². The molecule has 3 rings (SSSR count). The van der Waals surface area contributed by atoms with E-state index in [0.717, 1.165) is 19.3 Å². The van der Waals surface area contributed by atoms with Gasteiger partial charge in [0.15, 0.2) is 0 Å². The second-order valence-electron chi connectivity index (χ2n) is 5.87. The first-order valence-electron chi connectivity index (χ1n) is 7.26. The van der Waals surface area contributed by atoms with Gasteiger partial charge in [0.1, 0.15) is 5.82 Å². The Balaban J connectivity index is 0.00000192. The molecule has 0 aromatic heterocycles. The summed E-state index contributed by atoms with van der Waals surface area (Å²) in [6.45, 7) is 0.841. The van der Waals surface area contributed by atoms with Gasteiger partial charge in [-0.2, -0.15) is 13.2 Å². The lowest BCUT2D eigenvalue weighted by molar-refractivity contribution is -0.137. The van der Waals surface area contributed by atoms with Crippen molar-refractivity contribution in [1.82, 2.24) is 10.2 Å². The molecule has 1 N–H and O–H groups in total. The van der Waals surface area contributed by atoms with Gasteiger partial charge in [0.25, 0.3) is 5.91 Å². The number of nitrogens with zero attached hydrogens (tertiary/aromatic N) is 1. The van der Waals surface area contributed by atoms with Gasteiger partial charge in [0.05, 0.1) is 11.1 Å². The van der Waals surface area contributed by atoms with E-state index in [1.807, 2.05) is 0 Å². The van der Waals surface area contributed by atoms with Crippen LogP contribution in [0, 0.1) is 5.82 Å². The van der Waals surface area contributed by atoms with E-state index in [0.29, 0.717) is 37.3 Å². The zero-order chi connectivity index (χ0) is 15.9. The van der Waals surface area contributed by atoms with E-state index in [9.17, 15) is 22.4 Å². The SMILES string of the molecule is Cl.O=C(c1cc(C(F)(F)F)ccc1F)N1CCC2CCC(C1)N2. The number of benzene rings is 1. The van der Waals surface area contributed by atoms with Gasteiger partial charge in [-0.3, -0.25) is 4.79 Å². The molecular formula is C15H17ClF4N2O. The van der Waals surface area contributed by atoms with Crippen molar-refractivity contribution in [3.63, 3.8) is 0 Å². The highest BCUT2D eigenvalue weighted by atomic mass is 35.5. The number of hydrogen-bond acceptors (Lipinski definition) is 2. The van der Waals surface area contributed by atoms with Crippen LogP contribution in [-0.2, 0) is 6.18 Å². The van der Waals surface area contributed by atoms with Crippen molar-refractivity contribution in [1.29, 1.82) is 0 Å². The van der Waals surface area contributed by atoms with Gasteiger partial charge >= 0.3 is 6.18 Å². The Hall–Kier alpha value is -1.34. The van der Waals surface area contributed by atoms with E-state index in [1.54, 1.807) is 0 Å². The number of alkyl halides is 3. The van der Waals surface area contributed by atoms with E-state index in [1.165, 1.54) is 4.90 Å². The van der Waals surface area contributed by atoms with Crippen molar-refractivity contribution in [2.75, 3.05) is 13.1 Å². The number of likely N-dealkylation sites (tertiary alicyclic amines) is 1. The molecule has 2 heterocycles. The fraction of sp³-hybridized carbons (Fsp3) is 0.533. The molecule has 2 atom stereocenters. The summed E-state index contributed by atoms with van der Waals surface area (Å²) < 4.78 is 52.0. The summed E-state index contributed by atoms with van der Waals surface area (Å²) in [5.74, 6) is -1.58. The number of rotatable bonds is 1. The summed E-state index contributed by atoms with van der Waals surface area (Å²) in [7, 11) is 0. The number of nitrogens with one attached hydrogen (secondary N) is 1. The van der Waals surface area contributed by atoms with Crippen LogP contribution in [0.15, 0.2) is 18.2 Å². The lowest BCUT2D eigenvalue weighted by atomic mass is 10.1. The van der Waals surface area contributed by atoms with Crippen molar-refractivity contribution >= 4 is 18.3 Å². The van der Waals surface area contributed by atoms with Gasteiger partial charge in [-0.15, -0.1) is 12.4 Å². The van der Waals surface area contributed by atoms with Crippen LogP contribution in [-0.4, -0.2) is 36.0 Å². The van der Waals surface area contributed by atoms with Crippen LogP contribution in [0.25, 0.3) is 0 Å². The molecule has 2 saturated heterocycles. The third-order valence-electron chi connectivity index (χ3n) is 4.33. The second-order valence-corrected chi connectivity index (χ2v) is 5.87. The number of hydrogen-bond donors (Lipinski definition) is 1. The highest BCUT2D eigenvalue weighted by molar-refractivity contribution is 5.94. The maximum atomic E-state index is 13.8. The summed E-state index contributed by atoms with van der Waals surface area (Å²) in [6.07, 6.45) is -1.88. The molecule has 8 heteroatoms. The van der Waals surface area contributed by atoms with Gasteiger partial charge in [-0.1, -0.05) is 0 Å². The molecule has 23 heavy (non-hydrogen) atoms.